The predicted molar refractivity (Wildman–Crippen MR) is 73.0 cm³/mol. The summed E-state index contributed by atoms with van der Waals surface area (Å²) in [6.45, 7) is 0. The number of carboxylic acid groups (broad SMARTS) is 1. The monoisotopic (exact) mass is 275 g/mol. The molecule has 0 unspecified atom stereocenters. The van der Waals surface area contributed by atoms with Crippen LogP contribution < -0.4 is 5.32 Å². The van der Waals surface area contributed by atoms with Gasteiger partial charge in [0.2, 0.25) is 5.91 Å². The van der Waals surface area contributed by atoms with Gasteiger partial charge in [0.05, 0.1) is 6.42 Å². The van der Waals surface area contributed by atoms with E-state index in [0.717, 1.165) is 5.56 Å². The molecular formula is C14H13NO3S. The lowest BCUT2D eigenvalue weighted by molar-refractivity contribution is -0.141. The second kappa shape index (κ2) is 6.15. The molecule has 0 spiro atoms. The third-order valence-corrected chi connectivity index (χ3v) is 3.36. The molecule has 0 saturated carbocycles. The Balaban J connectivity index is 2.05. The number of hydrogen-bond donors (Lipinski definition) is 2. The van der Waals surface area contributed by atoms with Crippen molar-refractivity contribution in [3.63, 3.8) is 0 Å². The Bertz CT molecular complexity index is 551. The largest absolute Gasteiger partial charge is 0.479 e. The van der Waals surface area contributed by atoms with Crippen LogP contribution >= 0.6 is 11.3 Å². The van der Waals surface area contributed by atoms with Crippen molar-refractivity contribution < 1.29 is 14.7 Å². The van der Waals surface area contributed by atoms with Crippen molar-refractivity contribution in [3.05, 3.63) is 58.3 Å². The number of benzene rings is 1. The van der Waals surface area contributed by atoms with Crippen LogP contribution in [0.5, 0.6) is 0 Å². The molecule has 0 radical (unpaired) electrons. The summed E-state index contributed by atoms with van der Waals surface area (Å²) in [6.07, 6.45) is 0.195. The van der Waals surface area contributed by atoms with Crippen molar-refractivity contribution in [1.82, 2.24) is 5.32 Å². The molecule has 0 aliphatic heterocycles. The van der Waals surface area contributed by atoms with E-state index in [4.69, 9.17) is 0 Å². The van der Waals surface area contributed by atoms with Gasteiger partial charge in [-0.2, -0.15) is 11.3 Å². The molecule has 2 aromatic rings. The van der Waals surface area contributed by atoms with Crippen molar-refractivity contribution in [2.75, 3.05) is 0 Å². The van der Waals surface area contributed by atoms with Crippen molar-refractivity contribution in [2.45, 2.75) is 12.5 Å². The zero-order valence-electron chi connectivity index (χ0n) is 10.1. The third-order valence-electron chi connectivity index (χ3n) is 2.63. The quantitative estimate of drug-likeness (QED) is 0.879. The number of carboxylic acids is 1. The highest BCUT2D eigenvalue weighted by molar-refractivity contribution is 7.07. The lowest BCUT2D eigenvalue weighted by atomic mass is 10.1. The second-order valence-corrected chi connectivity index (χ2v) is 4.84. The van der Waals surface area contributed by atoms with Gasteiger partial charge < -0.3 is 10.4 Å². The predicted octanol–water partition coefficient (Wildman–Crippen LogP) is 2.23. The van der Waals surface area contributed by atoms with Gasteiger partial charge >= 0.3 is 5.97 Å². The zero-order chi connectivity index (χ0) is 13.7. The first-order chi connectivity index (χ1) is 9.16. The van der Waals surface area contributed by atoms with Crippen molar-refractivity contribution in [3.8, 4) is 0 Å². The number of rotatable bonds is 5. The van der Waals surface area contributed by atoms with Gasteiger partial charge in [-0.25, -0.2) is 4.79 Å². The summed E-state index contributed by atoms with van der Waals surface area (Å²) in [7, 11) is 0. The molecule has 1 heterocycles. The summed E-state index contributed by atoms with van der Waals surface area (Å²) >= 11 is 1.51. The number of nitrogens with one attached hydrogen (secondary N) is 1. The Morgan fingerprint density at radius 1 is 1.21 bits per heavy atom. The van der Waals surface area contributed by atoms with Crippen LogP contribution in [0, 0.1) is 0 Å². The standard InChI is InChI=1S/C14H13NO3S/c16-12(8-10-6-7-19-9-10)15-13(14(17)18)11-4-2-1-3-5-11/h1-7,9,13H,8H2,(H,15,16)(H,17,18)/t13-/m1/s1. The van der Waals surface area contributed by atoms with Gasteiger partial charge in [0.25, 0.3) is 0 Å². The van der Waals surface area contributed by atoms with Gasteiger partial charge in [-0.05, 0) is 28.0 Å². The molecule has 1 atom stereocenters. The number of amides is 1. The minimum absolute atomic E-state index is 0.195. The Morgan fingerprint density at radius 2 is 1.95 bits per heavy atom. The van der Waals surface area contributed by atoms with Crippen LogP contribution in [0.4, 0.5) is 0 Å². The number of thiophene rings is 1. The molecule has 0 aliphatic carbocycles. The third kappa shape index (κ3) is 3.66. The molecule has 2 rings (SSSR count). The lowest BCUT2D eigenvalue weighted by Crippen LogP contribution is -2.34. The van der Waals surface area contributed by atoms with Gasteiger partial charge in [-0.3, -0.25) is 4.79 Å². The SMILES string of the molecule is O=C(Cc1ccsc1)N[C@@H](C(=O)O)c1ccccc1. The van der Waals surface area contributed by atoms with E-state index in [9.17, 15) is 14.7 Å². The van der Waals surface area contributed by atoms with Gasteiger partial charge in [-0.15, -0.1) is 0 Å². The summed E-state index contributed by atoms with van der Waals surface area (Å²) in [6, 6.07) is 9.50. The Hall–Kier alpha value is -2.14. The molecule has 0 bridgehead atoms. The van der Waals surface area contributed by atoms with E-state index < -0.39 is 12.0 Å². The van der Waals surface area contributed by atoms with Crippen molar-refractivity contribution in [1.29, 1.82) is 0 Å². The first-order valence-electron chi connectivity index (χ1n) is 5.75. The van der Waals surface area contributed by atoms with Crippen LogP contribution in [0.3, 0.4) is 0 Å². The maximum Gasteiger partial charge on any atom is 0.330 e. The summed E-state index contributed by atoms with van der Waals surface area (Å²) in [5.74, 6) is -1.36. The summed E-state index contributed by atoms with van der Waals surface area (Å²) in [5.41, 5.74) is 1.45. The minimum atomic E-state index is -1.06. The molecule has 1 aromatic heterocycles. The first-order valence-corrected chi connectivity index (χ1v) is 6.69. The van der Waals surface area contributed by atoms with Crippen LogP contribution in [-0.2, 0) is 16.0 Å². The fourth-order valence-corrected chi connectivity index (χ4v) is 2.39. The van der Waals surface area contributed by atoms with E-state index in [1.165, 1.54) is 11.3 Å². The normalized spacial score (nSPS) is 11.8. The maximum atomic E-state index is 11.8. The molecule has 2 N–H and O–H groups in total. The summed E-state index contributed by atoms with van der Waals surface area (Å²) in [4.78, 5) is 23.1. The smallest absolute Gasteiger partial charge is 0.330 e. The molecule has 4 nitrogen and oxygen atoms in total. The first kappa shape index (κ1) is 13.3. The summed E-state index contributed by atoms with van der Waals surface area (Å²) in [5, 5.41) is 15.5. The molecule has 0 aliphatic rings. The molecular weight excluding hydrogens is 262 g/mol. The number of carbonyl (C=O) groups excluding carboxylic acids is 1. The highest BCUT2D eigenvalue weighted by Crippen LogP contribution is 2.13. The second-order valence-electron chi connectivity index (χ2n) is 4.06. The minimum Gasteiger partial charge on any atom is -0.479 e. The van der Waals surface area contributed by atoms with Crippen molar-refractivity contribution >= 4 is 23.2 Å². The molecule has 0 fully saturated rings. The molecule has 1 aromatic carbocycles. The number of hydrogen-bond acceptors (Lipinski definition) is 3. The number of carbonyl (C=O) groups is 2. The van der Waals surface area contributed by atoms with Gasteiger partial charge in [0.15, 0.2) is 6.04 Å². The fraction of sp³-hybridized carbons (Fsp3) is 0.143. The maximum absolute atomic E-state index is 11.8. The van der Waals surface area contributed by atoms with Gasteiger partial charge in [0.1, 0.15) is 0 Å². The number of aliphatic carboxylic acids is 1. The highest BCUT2D eigenvalue weighted by atomic mass is 32.1. The molecule has 0 saturated heterocycles. The van der Waals surface area contributed by atoms with E-state index in [-0.39, 0.29) is 12.3 Å². The molecule has 1 amide bonds. The van der Waals surface area contributed by atoms with Crippen LogP contribution in [-0.4, -0.2) is 17.0 Å². The lowest BCUT2D eigenvalue weighted by Gasteiger charge is -2.14. The molecule has 98 valence electrons. The average Bonchev–Trinajstić information content (AvgIpc) is 2.89. The fourth-order valence-electron chi connectivity index (χ4n) is 1.72. The summed E-state index contributed by atoms with van der Waals surface area (Å²) < 4.78 is 0. The van der Waals surface area contributed by atoms with Gasteiger partial charge in [-0.1, -0.05) is 30.3 Å². The van der Waals surface area contributed by atoms with E-state index in [1.807, 2.05) is 16.8 Å². The van der Waals surface area contributed by atoms with E-state index >= 15 is 0 Å². The van der Waals surface area contributed by atoms with E-state index in [2.05, 4.69) is 5.32 Å². The average molecular weight is 275 g/mol. The van der Waals surface area contributed by atoms with E-state index in [0.29, 0.717) is 5.56 Å². The van der Waals surface area contributed by atoms with Crippen LogP contribution in [0.15, 0.2) is 47.2 Å². The Labute approximate surface area is 114 Å². The highest BCUT2D eigenvalue weighted by Gasteiger charge is 2.21. The topological polar surface area (TPSA) is 66.4 Å². The zero-order valence-corrected chi connectivity index (χ0v) is 10.9. The Kier molecular flexibility index (Phi) is 4.30. The Morgan fingerprint density at radius 3 is 2.53 bits per heavy atom. The van der Waals surface area contributed by atoms with Crippen molar-refractivity contribution in [2.24, 2.45) is 0 Å². The van der Waals surface area contributed by atoms with Crippen LogP contribution in [0.2, 0.25) is 0 Å². The van der Waals surface area contributed by atoms with Crippen LogP contribution in [0.25, 0.3) is 0 Å². The van der Waals surface area contributed by atoms with E-state index in [1.54, 1.807) is 30.3 Å². The molecule has 19 heavy (non-hydrogen) atoms. The molecule has 5 heteroatoms. The van der Waals surface area contributed by atoms with Gasteiger partial charge in [0, 0.05) is 0 Å². The van der Waals surface area contributed by atoms with Crippen LogP contribution in [0.1, 0.15) is 17.2 Å².